The van der Waals surface area contributed by atoms with Crippen molar-refractivity contribution in [2.45, 2.75) is 20.3 Å². The van der Waals surface area contributed by atoms with Crippen LogP contribution in [0.3, 0.4) is 0 Å². The molecule has 5 heteroatoms. The van der Waals surface area contributed by atoms with E-state index in [2.05, 4.69) is 0 Å². The number of hydrogen-bond donors (Lipinski definition) is 2. The summed E-state index contributed by atoms with van der Waals surface area (Å²) in [5.41, 5.74) is 7.63. The van der Waals surface area contributed by atoms with Crippen LogP contribution in [-0.2, 0) is 9.59 Å². The van der Waals surface area contributed by atoms with Gasteiger partial charge in [-0.15, -0.1) is 0 Å². The number of nitrogens with zero attached hydrogens (tertiary/aromatic N) is 1. The molecule has 1 unspecified atom stereocenters. The van der Waals surface area contributed by atoms with E-state index in [0.717, 1.165) is 16.8 Å². The zero-order valence-corrected chi connectivity index (χ0v) is 10.4. The van der Waals surface area contributed by atoms with Crippen molar-refractivity contribution in [3.8, 4) is 5.75 Å². The van der Waals surface area contributed by atoms with Gasteiger partial charge in [0.05, 0.1) is 5.92 Å². The molecule has 3 N–H and O–H groups in total. The topological polar surface area (TPSA) is 83.6 Å². The van der Waals surface area contributed by atoms with Crippen LogP contribution in [0, 0.1) is 19.8 Å². The molecule has 0 aromatic heterocycles. The number of benzene rings is 1. The van der Waals surface area contributed by atoms with Gasteiger partial charge in [0.1, 0.15) is 5.75 Å². The number of primary amides is 1. The minimum atomic E-state index is -0.445. The standard InChI is InChI=1S/C13H16N2O3/c1-7-3-10(16)4-8(2)12(7)15-6-9(13(14)18)5-11(15)17/h3-4,9,16H,5-6H2,1-2H3,(H2,14,18). The molecular formula is C13H16N2O3. The van der Waals surface area contributed by atoms with Crippen LogP contribution in [0.4, 0.5) is 5.69 Å². The number of anilines is 1. The Morgan fingerprint density at radius 2 is 1.94 bits per heavy atom. The Bertz CT molecular complexity index is 502. The van der Waals surface area contributed by atoms with E-state index in [4.69, 9.17) is 5.73 Å². The van der Waals surface area contributed by atoms with Crippen molar-refractivity contribution in [2.24, 2.45) is 11.7 Å². The Balaban J connectivity index is 2.39. The van der Waals surface area contributed by atoms with Crippen LogP contribution in [0.15, 0.2) is 12.1 Å². The molecule has 1 aliphatic rings. The van der Waals surface area contributed by atoms with Gasteiger partial charge in [-0.1, -0.05) is 0 Å². The van der Waals surface area contributed by atoms with Crippen LogP contribution in [-0.4, -0.2) is 23.5 Å². The third-order valence-electron chi connectivity index (χ3n) is 3.27. The molecule has 1 aliphatic heterocycles. The Morgan fingerprint density at radius 1 is 1.39 bits per heavy atom. The highest BCUT2D eigenvalue weighted by Crippen LogP contribution is 2.33. The molecule has 0 saturated carbocycles. The summed E-state index contributed by atoms with van der Waals surface area (Å²) in [5.74, 6) is -0.799. The molecule has 18 heavy (non-hydrogen) atoms. The van der Waals surface area contributed by atoms with Gasteiger partial charge in [0.2, 0.25) is 11.8 Å². The van der Waals surface area contributed by atoms with Gasteiger partial charge in [-0.25, -0.2) is 0 Å². The second kappa shape index (κ2) is 4.33. The molecule has 5 nitrogen and oxygen atoms in total. The maximum Gasteiger partial charge on any atom is 0.227 e. The molecule has 1 heterocycles. The van der Waals surface area contributed by atoms with Crippen LogP contribution in [0.25, 0.3) is 0 Å². The Hall–Kier alpha value is -2.04. The van der Waals surface area contributed by atoms with E-state index in [1.54, 1.807) is 17.0 Å². The maximum absolute atomic E-state index is 11.9. The van der Waals surface area contributed by atoms with Gasteiger partial charge in [0, 0.05) is 18.7 Å². The summed E-state index contributed by atoms with van der Waals surface area (Å²) in [6, 6.07) is 3.21. The largest absolute Gasteiger partial charge is 0.508 e. The van der Waals surface area contributed by atoms with Gasteiger partial charge < -0.3 is 15.7 Å². The summed E-state index contributed by atoms with van der Waals surface area (Å²) in [5, 5.41) is 9.49. The molecule has 0 aliphatic carbocycles. The number of carbonyl (C=O) groups is 2. The van der Waals surface area contributed by atoms with Crippen LogP contribution in [0.1, 0.15) is 17.5 Å². The molecule has 1 atom stereocenters. The summed E-state index contributed by atoms with van der Waals surface area (Å²) in [7, 11) is 0. The lowest BCUT2D eigenvalue weighted by Crippen LogP contribution is -2.29. The summed E-state index contributed by atoms with van der Waals surface area (Å²) in [4.78, 5) is 24.7. The van der Waals surface area contributed by atoms with Gasteiger partial charge in [-0.2, -0.15) is 0 Å². The lowest BCUT2D eigenvalue weighted by Gasteiger charge is -2.21. The fraction of sp³-hybridized carbons (Fsp3) is 0.385. The second-order valence-electron chi connectivity index (χ2n) is 4.74. The van der Waals surface area contributed by atoms with E-state index in [1.165, 1.54) is 0 Å². The quantitative estimate of drug-likeness (QED) is 0.813. The number of aromatic hydroxyl groups is 1. The number of hydrogen-bond acceptors (Lipinski definition) is 3. The summed E-state index contributed by atoms with van der Waals surface area (Å²) < 4.78 is 0. The molecule has 0 spiro atoms. The first-order valence-corrected chi connectivity index (χ1v) is 5.80. The molecule has 1 aromatic carbocycles. The monoisotopic (exact) mass is 248 g/mol. The maximum atomic E-state index is 11.9. The molecule has 1 fully saturated rings. The average molecular weight is 248 g/mol. The normalized spacial score (nSPS) is 19.3. The average Bonchev–Trinajstić information content (AvgIpc) is 2.59. The van der Waals surface area contributed by atoms with Crippen LogP contribution < -0.4 is 10.6 Å². The van der Waals surface area contributed by atoms with Gasteiger partial charge in [-0.05, 0) is 37.1 Å². The zero-order chi connectivity index (χ0) is 13.4. The van der Waals surface area contributed by atoms with Crippen molar-refractivity contribution in [1.29, 1.82) is 0 Å². The molecule has 0 bridgehead atoms. The smallest absolute Gasteiger partial charge is 0.227 e. The van der Waals surface area contributed by atoms with E-state index < -0.39 is 11.8 Å². The van der Waals surface area contributed by atoms with E-state index in [9.17, 15) is 14.7 Å². The Labute approximate surface area is 105 Å². The number of amides is 2. The minimum Gasteiger partial charge on any atom is -0.508 e. The zero-order valence-electron chi connectivity index (χ0n) is 10.4. The van der Waals surface area contributed by atoms with E-state index in [1.807, 2.05) is 13.8 Å². The van der Waals surface area contributed by atoms with E-state index >= 15 is 0 Å². The molecule has 1 aromatic rings. The van der Waals surface area contributed by atoms with Crippen LogP contribution >= 0.6 is 0 Å². The molecule has 2 amide bonds. The Kier molecular flexibility index (Phi) is 2.98. The van der Waals surface area contributed by atoms with Gasteiger partial charge in [0.15, 0.2) is 0 Å². The third kappa shape index (κ3) is 2.03. The van der Waals surface area contributed by atoms with Crippen molar-refractivity contribution < 1.29 is 14.7 Å². The van der Waals surface area contributed by atoms with Crippen LogP contribution in [0.5, 0.6) is 5.75 Å². The fourth-order valence-corrected chi connectivity index (χ4v) is 2.47. The number of phenols is 1. The van der Waals surface area contributed by atoms with Crippen molar-refractivity contribution in [3.63, 3.8) is 0 Å². The Morgan fingerprint density at radius 3 is 2.39 bits per heavy atom. The van der Waals surface area contributed by atoms with E-state index in [0.29, 0.717) is 6.54 Å². The number of carbonyl (C=O) groups excluding carboxylic acids is 2. The third-order valence-corrected chi connectivity index (χ3v) is 3.27. The summed E-state index contributed by atoms with van der Waals surface area (Å²) in [6.07, 6.45) is 0.162. The van der Waals surface area contributed by atoms with Crippen molar-refractivity contribution in [3.05, 3.63) is 23.3 Å². The highest BCUT2D eigenvalue weighted by Gasteiger charge is 2.35. The molecule has 1 saturated heterocycles. The number of nitrogens with two attached hydrogens (primary N) is 1. The van der Waals surface area contributed by atoms with Crippen molar-refractivity contribution >= 4 is 17.5 Å². The first-order chi connectivity index (χ1) is 8.40. The van der Waals surface area contributed by atoms with Crippen LogP contribution in [0.2, 0.25) is 0 Å². The number of aryl methyl sites for hydroxylation is 2. The SMILES string of the molecule is Cc1cc(O)cc(C)c1N1CC(C(N)=O)CC1=O. The highest BCUT2D eigenvalue weighted by molar-refractivity contribution is 6.01. The summed E-state index contributed by atoms with van der Waals surface area (Å²) >= 11 is 0. The molecule has 0 radical (unpaired) electrons. The molecule has 96 valence electrons. The van der Waals surface area contributed by atoms with E-state index in [-0.39, 0.29) is 18.1 Å². The summed E-state index contributed by atoms with van der Waals surface area (Å²) in [6.45, 7) is 3.97. The number of phenolic OH excluding ortho intramolecular Hbond substituents is 1. The minimum absolute atomic E-state index is 0.101. The lowest BCUT2D eigenvalue weighted by molar-refractivity contribution is -0.123. The molecular weight excluding hydrogens is 232 g/mol. The first-order valence-electron chi connectivity index (χ1n) is 5.80. The predicted molar refractivity (Wildman–Crippen MR) is 67.2 cm³/mol. The van der Waals surface area contributed by atoms with Crippen molar-refractivity contribution in [2.75, 3.05) is 11.4 Å². The highest BCUT2D eigenvalue weighted by atomic mass is 16.3. The fourth-order valence-electron chi connectivity index (χ4n) is 2.47. The number of rotatable bonds is 2. The molecule has 2 rings (SSSR count). The second-order valence-corrected chi connectivity index (χ2v) is 4.74. The van der Waals surface area contributed by atoms with Gasteiger partial charge in [-0.3, -0.25) is 9.59 Å². The van der Waals surface area contributed by atoms with Gasteiger partial charge >= 0.3 is 0 Å². The first kappa shape index (κ1) is 12.4. The lowest BCUT2D eigenvalue weighted by atomic mass is 10.1. The van der Waals surface area contributed by atoms with Gasteiger partial charge in [0.25, 0.3) is 0 Å². The predicted octanol–water partition coefficient (Wildman–Crippen LogP) is 0.847. The van der Waals surface area contributed by atoms with Crippen molar-refractivity contribution in [1.82, 2.24) is 0 Å².